The molecule has 0 atom stereocenters. The minimum atomic E-state index is -0.157. The monoisotopic (exact) mass is 476 g/mol. The Morgan fingerprint density at radius 3 is 2.34 bits per heavy atom. The van der Waals surface area contributed by atoms with E-state index in [4.69, 9.17) is 0 Å². The molecule has 0 saturated carbocycles. The summed E-state index contributed by atoms with van der Waals surface area (Å²) in [4.78, 5) is 14.0. The second-order valence-corrected chi connectivity index (χ2v) is 8.11. The van der Waals surface area contributed by atoms with Crippen LogP contribution in [0.25, 0.3) is 12.2 Å². The second kappa shape index (κ2) is 14.9. The molecule has 0 aliphatic heterocycles. The van der Waals surface area contributed by atoms with Crippen molar-refractivity contribution in [1.82, 2.24) is 5.32 Å². The van der Waals surface area contributed by atoms with Gasteiger partial charge in [0, 0.05) is 61.5 Å². The van der Waals surface area contributed by atoms with Crippen LogP contribution < -0.4 is 14.8 Å². The van der Waals surface area contributed by atoms with E-state index in [0.29, 0.717) is 31.1 Å². The number of amides is 1. The molecule has 1 amide bonds. The lowest BCUT2D eigenvalue weighted by atomic mass is 10.1. The normalized spacial score (nSPS) is 11.3. The fraction of sp³-hybridized carbons (Fsp3) is 0.417. The SMILES string of the molecule is O=C(NCCC[n+]1ccccc1C=Cc1ccc(N(CCO)CCO)cc1)C(CS)CS. The highest BCUT2D eigenvalue weighted by molar-refractivity contribution is 7.81. The number of nitrogens with zero attached hydrogens (tertiary/aromatic N) is 2. The fourth-order valence-electron chi connectivity index (χ4n) is 3.26. The van der Waals surface area contributed by atoms with Gasteiger partial charge in [-0.15, -0.1) is 0 Å². The van der Waals surface area contributed by atoms with Crippen LogP contribution in [0.2, 0.25) is 0 Å². The first-order chi connectivity index (χ1) is 15.6. The molecular weight excluding hydrogens is 442 g/mol. The van der Waals surface area contributed by atoms with E-state index < -0.39 is 0 Å². The van der Waals surface area contributed by atoms with Crippen molar-refractivity contribution in [1.29, 1.82) is 0 Å². The predicted molar refractivity (Wildman–Crippen MR) is 137 cm³/mol. The molecule has 0 fully saturated rings. The summed E-state index contributed by atoms with van der Waals surface area (Å²) in [5.74, 6) is 0.850. The molecule has 0 aliphatic rings. The van der Waals surface area contributed by atoms with Crippen molar-refractivity contribution < 1.29 is 19.6 Å². The summed E-state index contributed by atoms with van der Waals surface area (Å²) >= 11 is 8.39. The Hall–Kier alpha value is -2.00. The van der Waals surface area contributed by atoms with E-state index in [0.717, 1.165) is 29.9 Å². The maximum atomic E-state index is 12.0. The van der Waals surface area contributed by atoms with Crippen LogP contribution in [0.3, 0.4) is 0 Å². The zero-order valence-corrected chi connectivity index (χ0v) is 20.1. The molecular formula is C24H34N3O3S2+. The minimum Gasteiger partial charge on any atom is -0.395 e. The third-order valence-corrected chi connectivity index (χ3v) is 5.99. The number of anilines is 1. The minimum absolute atomic E-state index is 0.00757. The molecule has 2 rings (SSSR count). The Labute approximate surface area is 201 Å². The number of benzene rings is 1. The van der Waals surface area contributed by atoms with Gasteiger partial charge in [-0.25, -0.2) is 0 Å². The van der Waals surface area contributed by atoms with Crippen molar-refractivity contribution in [2.24, 2.45) is 5.92 Å². The van der Waals surface area contributed by atoms with E-state index in [9.17, 15) is 15.0 Å². The quantitative estimate of drug-likeness (QED) is 0.164. The molecule has 0 spiro atoms. The van der Waals surface area contributed by atoms with E-state index in [1.165, 1.54) is 0 Å². The third kappa shape index (κ3) is 8.50. The van der Waals surface area contributed by atoms with Crippen molar-refractivity contribution in [3.05, 3.63) is 59.9 Å². The van der Waals surface area contributed by atoms with Crippen LogP contribution in [0.4, 0.5) is 5.69 Å². The average Bonchev–Trinajstić information content (AvgIpc) is 2.82. The van der Waals surface area contributed by atoms with E-state index >= 15 is 0 Å². The number of aromatic nitrogens is 1. The van der Waals surface area contributed by atoms with Gasteiger partial charge < -0.3 is 20.4 Å². The topological polar surface area (TPSA) is 76.7 Å². The highest BCUT2D eigenvalue weighted by Crippen LogP contribution is 2.16. The van der Waals surface area contributed by atoms with E-state index in [2.05, 4.69) is 53.4 Å². The summed E-state index contributed by atoms with van der Waals surface area (Å²) in [7, 11) is 0. The molecule has 0 aliphatic carbocycles. The van der Waals surface area contributed by atoms with Crippen LogP contribution >= 0.6 is 25.3 Å². The number of rotatable bonds is 14. The lowest BCUT2D eigenvalue weighted by Crippen LogP contribution is -2.39. The van der Waals surface area contributed by atoms with Crippen molar-refractivity contribution >= 4 is 49.0 Å². The van der Waals surface area contributed by atoms with E-state index in [-0.39, 0.29) is 25.0 Å². The highest BCUT2D eigenvalue weighted by atomic mass is 32.1. The third-order valence-electron chi connectivity index (χ3n) is 5.11. The molecule has 1 aromatic heterocycles. The molecule has 6 nitrogen and oxygen atoms in total. The summed E-state index contributed by atoms with van der Waals surface area (Å²) < 4.78 is 2.16. The molecule has 0 saturated heterocycles. The number of aryl methyl sites for hydroxylation is 1. The highest BCUT2D eigenvalue weighted by Gasteiger charge is 2.14. The molecule has 1 aromatic carbocycles. The lowest BCUT2D eigenvalue weighted by molar-refractivity contribution is -0.698. The Bertz CT molecular complexity index is 837. The van der Waals surface area contributed by atoms with Crippen LogP contribution in [0.15, 0.2) is 48.7 Å². The number of aliphatic hydroxyl groups is 2. The summed E-state index contributed by atoms with van der Waals surface area (Å²) in [5, 5.41) is 21.4. The molecule has 1 heterocycles. The van der Waals surface area contributed by atoms with Gasteiger partial charge in [-0.05, 0) is 29.8 Å². The Kier molecular flexibility index (Phi) is 12.3. The number of carbonyl (C=O) groups is 1. The van der Waals surface area contributed by atoms with Gasteiger partial charge in [0.05, 0.1) is 19.1 Å². The summed E-state index contributed by atoms with van der Waals surface area (Å²) in [6.45, 7) is 2.48. The molecule has 2 aromatic rings. The zero-order chi connectivity index (χ0) is 23.2. The maximum Gasteiger partial charge on any atom is 0.224 e. The number of hydrogen-bond acceptors (Lipinski definition) is 6. The molecule has 174 valence electrons. The van der Waals surface area contributed by atoms with Gasteiger partial charge in [0.2, 0.25) is 11.6 Å². The van der Waals surface area contributed by atoms with Crippen LogP contribution in [0.1, 0.15) is 17.7 Å². The Balaban J connectivity index is 1.95. The van der Waals surface area contributed by atoms with Gasteiger partial charge in [0.25, 0.3) is 0 Å². The van der Waals surface area contributed by atoms with E-state index in [1.54, 1.807) is 0 Å². The first kappa shape index (κ1) is 26.3. The lowest BCUT2D eigenvalue weighted by Gasteiger charge is -2.22. The van der Waals surface area contributed by atoms with E-state index in [1.807, 2.05) is 47.5 Å². The summed E-state index contributed by atoms with van der Waals surface area (Å²) in [5.41, 5.74) is 3.11. The fourth-order valence-corrected chi connectivity index (χ4v) is 4.06. The first-order valence-electron chi connectivity index (χ1n) is 10.9. The van der Waals surface area contributed by atoms with Crippen LogP contribution in [0, 0.1) is 5.92 Å². The molecule has 0 unspecified atom stereocenters. The van der Waals surface area contributed by atoms with Crippen molar-refractivity contribution in [2.75, 3.05) is 49.3 Å². The van der Waals surface area contributed by atoms with Gasteiger partial charge in [-0.1, -0.05) is 12.1 Å². The van der Waals surface area contributed by atoms with Gasteiger partial charge in [0.1, 0.15) is 0 Å². The van der Waals surface area contributed by atoms with Crippen LogP contribution in [0.5, 0.6) is 0 Å². The zero-order valence-electron chi connectivity index (χ0n) is 18.3. The molecule has 0 radical (unpaired) electrons. The summed E-state index contributed by atoms with van der Waals surface area (Å²) in [6.07, 6.45) is 7.00. The number of pyridine rings is 1. The standard InChI is InChI=1S/C24H33N3O3S2/c28-16-14-27(15-17-29)23-9-6-20(7-10-23)5-8-22-4-1-2-12-26(22)13-3-11-25-24(30)21(18-31)19-32/h1-2,4-10,12,21,28-29H,3,11,13-19H2,(H2-,25,30,31,32)/p+1. The van der Waals surface area contributed by atoms with Crippen molar-refractivity contribution in [2.45, 2.75) is 13.0 Å². The van der Waals surface area contributed by atoms with Gasteiger partial charge >= 0.3 is 0 Å². The largest absolute Gasteiger partial charge is 0.395 e. The maximum absolute atomic E-state index is 12.0. The number of nitrogens with one attached hydrogen (secondary N) is 1. The van der Waals surface area contributed by atoms with Gasteiger partial charge in [-0.3, -0.25) is 4.79 Å². The molecule has 0 bridgehead atoms. The first-order valence-corrected chi connectivity index (χ1v) is 12.1. The Morgan fingerprint density at radius 2 is 1.72 bits per heavy atom. The van der Waals surface area contributed by atoms with Crippen LogP contribution in [-0.2, 0) is 11.3 Å². The Morgan fingerprint density at radius 1 is 1.03 bits per heavy atom. The molecule has 32 heavy (non-hydrogen) atoms. The predicted octanol–water partition coefficient (Wildman–Crippen LogP) is 1.92. The average molecular weight is 477 g/mol. The molecule has 3 N–H and O–H groups in total. The van der Waals surface area contributed by atoms with Crippen molar-refractivity contribution in [3.8, 4) is 0 Å². The second-order valence-electron chi connectivity index (χ2n) is 7.38. The van der Waals surface area contributed by atoms with Crippen molar-refractivity contribution in [3.63, 3.8) is 0 Å². The number of thiol groups is 2. The number of carbonyl (C=O) groups excluding carboxylic acids is 1. The molecule has 8 heteroatoms. The summed E-state index contributed by atoms with van der Waals surface area (Å²) in [6, 6.07) is 14.1. The smallest absolute Gasteiger partial charge is 0.224 e. The number of hydrogen-bond donors (Lipinski definition) is 5. The van der Waals surface area contributed by atoms with Crippen LogP contribution in [-0.4, -0.2) is 60.5 Å². The van der Waals surface area contributed by atoms with Gasteiger partial charge in [-0.2, -0.15) is 29.8 Å². The number of aliphatic hydroxyl groups excluding tert-OH is 2. The van der Waals surface area contributed by atoms with Gasteiger partial charge in [0.15, 0.2) is 12.7 Å².